The molecule has 0 saturated heterocycles. The standard InChI is InChI=1S/C35H27N3O5/c1-40-38-34(26-12-16-29(17-13-26)41-22-27-14-10-24-6-2-4-8-32(24)36-27)35(39)43-31-20-18-30(19-21-31)42-23-28-15-11-25-7-3-5-9-33(25)37-28/h2-21H,22-23H2,1H3. The van der Waals surface area contributed by atoms with Crippen molar-refractivity contribution in [2.24, 2.45) is 5.16 Å². The zero-order valence-corrected chi connectivity index (χ0v) is 23.3. The fraction of sp³-hybridized carbons (Fsp3) is 0.0857. The Morgan fingerprint density at radius 1 is 0.605 bits per heavy atom. The first-order valence-corrected chi connectivity index (χ1v) is 13.6. The van der Waals surface area contributed by atoms with Crippen LogP contribution in [0.3, 0.4) is 0 Å². The van der Waals surface area contributed by atoms with E-state index in [1.54, 1.807) is 48.5 Å². The summed E-state index contributed by atoms with van der Waals surface area (Å²) < 4.78 is 17.3. The van der Waals surface area contributed by atoms with Crippen LogP contribution in [0.25, 0.3) is 21.8 Å². The van der Waals surface area contributed by atoms with Crippen molar-refractivity contribution in [3.63, 3.8) is 0 Å². The van der Waals surface area contributed by atoms with Gasteiger partial charge in [-0.1, -0.05) is 53.7 Å². The van der Waals surface area contributed by atoms with E-state index < -0.39 is 5.97 Å². The highest BCUT2D eigenvalue weighted by Crippen LogP contribution is 2.21. The zero-order valence-electron chi connectivity index (χ0n) is 23.3. The quantitative estimate of drug-likeness (QED) is 0.0767. The SMILES string of the molecule is CON=C(C(=O)Oc1ccc(OCc2ccc3ccccc3n2)cc1)c1ccc(OCc2ccc3ccccc3n2)cc1. The molecule has 43 heavy (non-hydrogen) atoms. The highest BCUT2D eigenvalue weighted by molar-refractivity contribution is 6.43. The molecule has 2 aromatic heterocycles. The lowest BCUT2D eigenvalue weighted by molar-refractivity contribution is -0.127. The second-order valence-electron chi connectivity index (χ2n) is 9.58. The van der Waals surface area contributed by atoms with Crippen molar-refractivity contribution >= 4 is 33.5 Å². The lowest BCUT2D eigenvalue weighted by atomic mass is 10.1. The summed E-state index contributed by atoms with van der Waals surface area (Å²) >= 11 is 0. The number of hydrogen-bond acceptors (Lipinski definition) is 8. The Bertz CT molecular complexity index is 1900. The maximum atomic E-state index is 13.0. The summed E-state index contributed by atoms with van der Waals surface area (Å²) in [6.07, 6.45) is 0. The van der Waals surface area contributed by atoms with Crippen LogP contribution in [0.5, 0.6) is 17.2 Å². The van der Waals surface area contributed by atoms with Gasteiger partial charge in [-0.05, 0) is 72.8 Å². The summed E-state index contributed by atoms with van der Waals surface area (Å²) in [5.41, 5.74) is 4.00. The highest BCUT2D eigenvalue weighted by atomic mass is 16.6. The Morgan fingerprint density at radius 2 is 1.09 bits per heavy atom. The van der Waals surface area contributed by atoms with Crippen LogP contribution < -0.4 is 14.2 Å². The van der Waals surface area contributed by atoms with Gasteiger partial charge in [0.2, 0.25) is 0 Å². The predicted octanol–water partition coefficient (Wildman–Crippen LogP) is 6.90. The Morgan fingerprint density at radius 3 is 1.63 bits per heavy atom. The Labute approximate surface area is 248 Å². The Hall–Kier alpha value is -5.76. The normalized spacial score (nSPS) is 11.3. The summed E-state index contributed by atoms with van der Waals surface area (Å²) in [4.78, 5) is 27.2. The molecule has 0 aliphatic heterocycles. The second-order valence-corrected chi connectivity index (χ2v) is 9.58. The van der Waals surface area contributed by atoms with Crippen LogP contribution in [-0.4, -0.2) is 28.8 Å². The number of pyridine rings is 2. The van der Waals surface area contributed by atoms with Gasteiger partial charge in [-0.25, -0.2) is 14.8 Å². The van der Waals surface area contributed by atoms with Crippen LogP contribution in [0.15, 0.2) is 126 Å². The molecule has 0 aliphatic rings. The number of rotatable bonds is 10. The summed E-state index contributed by atoms with van der Waals surface area (Å²) in [7, 11) is 1.37. The van der Waals surface area contributed by atoms with Gasteiger partial charge in [-0.2, -0.15) is 0 Å². The van der Waals surface area contributed by atoms with Gasteiger partial charge in [-0.3, -0.25) is 0 Å². The van der Waals surface area contributed by atoms with E-state index in [4.69, 9.17) is 19.0 Å². The molecule has 4 aromatic carbocycles. The van der Waals surface area contributed by atoms with E-state index in [0.717, 1.165) is 33.2 Å². The van der Waals surface area contributed by atoms with Crippen molar-refractivity contribution in [3.8, 4) is 17.2 Å². The van der Waals surface area contributed by atoms with E-state index in [1.807, 2.05) is 72.8 Å². The third-order valence-corrected chi connectivity index (χ3v) is 6.62. The van der Waals surface area contributed by atoms with Crippen LogP contribution in [0.4, 0.5) is 0 Å². The number of fused-ring (bicyclic) bond motifs is 2. The molecule has 8 nitrogen and oxygen atoms in total. The highest BCUT2D eigenvalue weighted by Gasteiger charge is 2.18. The van der Waals surface area contributed by atoms with Gasteiger partial charge in [0.15, 0.2) is 5.71 Å². The number of hydrogen-bond donors (Lipinski definition) is 0. The molecule has 2 heterocycles. The van der Waals surface area contributed by atoms with E-state index in [-0.39, 0.29) is 5.71 Å². The first-order chi connectivity index (χ1) is 21.1. The van der Waals surface area contributed by atoms with Crippen LogP contribution in [0, 0.1) is 0 Å². The van der Waals surface area contributed by atoms with Crippen LogP contribution in [0.2, 0.25) is 0 Å². The zero-order chi connectivity index (χ0) is 29.4. The third kappa shape index (κ3) is 6.77. The number of carbonyl (C=O) groups is 1. The number of carbonyl (C=O) groups excluding carboxylic acids is 1. The van der Waals surface area contributed by atoms with Gasteiger partial charge >= 0.3 is 5.97 Å². The number of esters is 1. The molecule has 0 saturated carbocycles. The predicted molar refractivity (Wildman–Crippen MR) is 164 cm³/mol. The van der Waals surface area contributed by atoms with Gasteiger partial charge in [-0.15, -0.1) is 0 Å². The van der Waals surface area contributed by atoms with Crippen molar-refractivity contribution in [1.29, 1.82) is 0 Å². The average molecular weight is 570 g/mol. The molecule has 0 N–H and O–H groups in total. The third-order valence-electron chi connectivity index (χ3n) is 6.62. The van der Waals surface area contributed by atoms with E-state index in [2.05, 4.69) is 15.1 Å². The van der Waals surface area contributed by atoms with Gasteiger partial charge in [0.25, 0.3) is 0 Å². The fourth-order valence-electron chi connectivity index (χ4n) is 4.46. The largest absolute Gasteiger partial charge is 0.487 e. The molecule has 0 amide bonds. The number of benzene rings is 4. The molecule has 0 bridgehead atoms. The van der Waals surface area contributed by atoms with E-state index in [9.17, 15) is 4.79 Å². The average Bonchev–Trinajstić information content (AvgIpc) is 3.06. The first kappa shape index (κ1) is 27.4. The molecular weight excluding hydrogens is 542 g/mol. The maximum Gasteiger partial charge on any atom is 0.366 e. The molecule has 0 unspecified atom stereocenters. The van der Waals surface area contributed by atoms with Crippen LogP contribution in [0.1, 0.15) is 17.0 Å². The first-order valence-electron chi connectivity index (χ1n) is 13.6. The number of ether oxygens (including phenoxy) is 3. The summed E-state index contributed by atoms with van der Waals surface area (Å²) in [5, 5.41) is 6.06. The lowest BCUT2D eigenvalue weighted by Gasteiger charge is -2.10. The summed E-state index contributed by atoms with van der Waals surface area (Å²) in [6, 6.07) is 37.5. The Balaban J connectivity index is 1.05. The molecule has 0 fully saturated rings. The van der Waals surface area contributed by atoms with Gasteiger partial charge in [0, 0.05) is 16.3 Å². The molecule has 6 rings (SSSR count). The van der Waals surface area contributed by atoms with E-state index in [1.165, 1.54) is 7.11 Å². The van der Waals surface area contributed by atoms with Gasteiger partial charge < -0.3 is 19.0 Å². The summed E-state index contributed by atoms with van der Waals surface area (Å²) in [6.45, 7) is 0.622. The molecule has 8 heteroatoms. The molecule has 0 aliphatic carbocycles. The number of oxime groups is 1. The molecule has 0 atom stereocenters. The topological polar surface area (TPSA) is 92.1 Å². The van der Waals surface area contributed by atoms with Crippen molar-refractivity contribution in [1.82, 2.24) is 9.97 Å². The minimum Gasteiger partial charge on any atom is -0.487 e. The maximum absolute atomic E-state index is 13.0. The second kappa shape index (κ2) is 12.8. The monoisotopic (exact) mass is 569 g/mol. The number of nitrogens with zero attached hydrogens (tertiary/aromatic N) is 3. The van der Waals surface area contributed by atoms with E-state index in [0.29, 0.717) is 36.0 Å². The minimum atomic E-state index is -0.662. The van der Waals surface area contributed by atoms with E-state index >= 15 is 0 Å². The summed E-state index contributed by atoms with van der Waals surface area (Å²) in [5.74, 6) is 0.922. The fourth-order valence-corrected chi connectivity index (χ4v) is 4.46. The molecule has 212 valence electrons. The number of para-hydroxylation sites is 2. The molecular formula is C35H27N3O5. The minimum absolute atomic E-state index is 0.0213. The van der Waals surface area contributed by atoms with Crippen molar-refractivity contribution < 1.29 is 23.8 Å². The van der Waals surface area contributed by atoms with Gasteiger partial charge in [0.1, 0.15) is 37.6 Å². The molecule has 0 spiro atoms. The van der Waals surface area contributed by atoms with Crippen molar-refractivity contribution in [2.75, 3.05) is 7.11 Å². The van der Waals surface area contributed by atoms with Crippen LogP contribution in [-0.2, 0) is 22.8 Å². The molecule has 6 aromatic rings. The number of aromatic nitrogens is 2. The van der Waals surface area contributed by atoms with Gasteiger partial charge in [0.05, 0.1) is 22.4 Å². The Kier molecular flexibility index (Phi) is 8.18. The lowest BCUT2D eigenvalue weighted by Crippen LogP contribution is -2.22. The van der Waals surface area contributed by atoms with Crippen molar-refractivity contribution in [3.05, 3.63) is 138 Å². The van der Waals surface area contributed by atoms with Crippen molar-refractivity contribution in [2.45, 2.75) is 13.2 Å². The van der Waals surface area contributed by atoms with Crippen LogP contribution >= 0.6 is 0 Å². The molecule has 0 radical (unpaired) electrons. The smallest absolute Gasteiger partial charge is 0.366 e.